The van der Waals surface area contributed by atoms with Crippen LogP contribution in [0.3, 0.4) is 0 Å². The lowest BCUT2D eigenvalue weighted by Crippen LogP contribution is -2.09. The van der Waals surface area contributed by atoms with Gasteiger partial charge in [-0.3, -0.25) is 4.79 Å². The maximum Gasteiger partial charge on any atom is 0.150 e. The molecule has 2 rings (SSSR count). The number of hydrogen-bond acceptors (Lipinski definition) is 3. The van der Waals surface area contributed by atoms with Crippen LogP contribution in [0.5, 0.6) is 11.5 Å². The number of carbonyl (C=O) groups excluding carboxylic acids is 1. The molecule has 20 heavy (non-hydrogen) atoms. The average molecular weight is 356 g/mol. The van der Waals surface area contributed by atoms with Crippen molar-refractivity contribution in [2.45, 2.75) is 0 Å². The fourth-order valence-corrected chi connectivity index (χ4v) is 2.06. The zero-order valence-electron chi connectivity index (χ0n) is 10.5. The minimum atomic E-state index is 0.371. The Morgan fingerprint density at radius 2 is 1.75 bits per heavy atom. The molecule has 0 spiro atoms. The monoisotopic (exact) mass is 354 g/mol. The normalized spacial score (nSPS) is 10.1. The third-order valence-corrected chi connectivity index (χ3v) is 3.34. The van der Waals surface area contributed by atoms with Crippen LogP contribution in [0.2, 0.25) is 5.02 Å². The Labute approximate surface area is 130 Å². The molecule has 0 aliphatic heterocycles. The first-order chi connectivity index (χ1) is 9.69. The van der Waals surface area contributed by atoms with E-state index in [-0.39, 0.29) is 0 Å². The van der Waals surface area contributed by atoms with E-state index in [0.717, 1.165) is 16.5 Å². The number of hydrogen-bond donors (Lipinski definition) is 0. The molecule has 0 aliphatic rings. The molecule has 0 bridgehead atoms. The lowest BCUT2D eigenvalue weighted by Gasteiger charge is -2.09. The number of benzene rings is 2. The molecule has 0 amide bonds. The molecule has 0 aliphatic carbocycles. The van der Waals surface area contributed by atoms with Gasteiger partial charge in [-0.15, -0.1) is 0 Å². The van der Waals surface area contributed by atoms with Crippen LogP contribution in [0.4, 0.5) is 0 Å². The molecule has 3 nitrogen and oxygen atoms in total. The molecule has 0 fully saturated rings. The topological polar surface area (TPSA) is 35.5 Å². The Bertz CT molecular complexity index is 584. The van der Waals surface area contributed by atoms with E-state index < -0.39 is 0 Å². The molecular formula is C15H12BrClO3. The van der Waals surface area contributed by atoms with Crippen LogP contribution < -0.4 is 9.47 Å². The Balaban J connectivity index is 1.81. The Morgan fingerprint density at radius 3 is 2.40 bits per heavy atom. The second-order valence-electron chi connectivity index (χ2n) is 3.96. The van der Waals surface area contributed by atoms with Crippen LogP contribution >= 0.6 is 27.5 Å². The summed E-state index contributed by atoms with van der Waals surface area (Å²) >= 11 is 9.35. The van der Waals surface area contributed by atoms with E-state index in [0.29, 0.717) is 29.5 Å². The van der Waals surface area contributed by atoms with E-state index in [2.05, 4.69) is 15.9 Å². The van der Waals surface area contributed by atoms with Gasteiger partial charge in [0, 0.05) is 10.0 Å². The molecule has 0 heterocycles. The highest BCUT2D eigenvalue weighted by Crippen LogP contribution is 2.24. The maximum absolute atomic E-state index is 10.6. The fourth-order valence-electron chi connectivity index (χ4n) is 1.55. The molecule has 2 aromatic rings. The summed E-state index contributed by atoms with van der Waals surface area (Å²) in [5.41, 5.74) is 0.522. The molecule has 0 atom stereocenters. The van der Waals surface area contributed by atoms with Gasteiger partial charge in [0.2, 0.25) is 0 Å². The Kier molecular flexibility index (Phi) is 5.44. The van der Waals surface area contributed by atoms with Crippen LogP contribution in [0, 0.1) is 0 Å². The molecule has 2 aromatic carbocycles. The molecule has 104 valence electrons. The SMILES string of the molecule is O=Cc1ccc(OCCOc2ccc(Br)cc2)c(Cl)c1. The van der Waals surface area contributed by atoms with Crippen molar-refractivity contribution in [2.75, 3.05) is 13.2 Å². The van der Waals surface area contributed by atoms with Crippen LogP contribution in [0.25, 0.3) is 0 Å². The highest BCUT2D eigenvalue weighted by Gasteiger charge is 2.03. The zero-order valence-corrected chi connectivity index (χ0v) is 12.9. The first-order valence-corrected chi connectivity index (χ1v) is 7.12. The Hall–Kier alpha value is -1.52. The van der Waals surface area contributed by atoms with Crippen molar-refractivity contribution in [3.8, 4) is 11.5 Å². The summed E-state index contributed by atoms with van der Waals surface area (Å²) in [4.78, 5) is 10.6. The highest BCUT2D eigenvalue weighted by molar-refractivity contribution is 9.10. The van der Waals surface area contributed by atoms with E-state index in [9.17, 15) is 4.79 Å². The third-order valence-electron chi connectivity index (χ3n) is 2.52. The smallest absolute Gasteiger partial charge is 0.150 e. The van der Waals surface area contributed by atoms with Crippen molar-refractivity contribution in [2.24, 2.45) is 0 Å². The fraction of sp³-hybridized carbons (Fsp3) is 0.133. The number of rotatable bonds is 6. The summed E-state index contributed by atoms with van der Waals surface area (Å²) in [7, 11) is 0. The minimum Gasteiger partial charge on any atom is -0.490 e. The number of aldehydes is 1. The van der Waals surface area contributed by atoms with Crippen molar-refractivity contribution in [1.29, 1.82) is 0 Å². The van der Waals surface area contributed by atoms with Crippen LogP contribution in [-0.4, -0.2) is 19.5 Å². The van der Waals surface area contributed by atoms with Gasteiger partial charge in [0.05, 0.1) is 5.02 Å². The van der Waals surface area contributed by atoms with Crippen LogP contribution in [0.1, 0.15) is 10.4 Å². The van der Waals surface area contributed by atoms with E-state index in [1.807, 2.05) is 24.3 Å². The summed E-state index contributed by atoms with van der Waals surface area (Å²) in [6.07, 6.45) is 0.742. The minimum absolute atomic E-state index is 0.371. The Morgan fingerprint density at radius 1 is 1.05 bits per heavy atom. The summed E-state index contributed by atoms with van der Waals surface area (Å²) in [5.74, 6) is 1.32. The van der Waals surface area contributed by atoms with Crippen LogP contribution in [0.15, 0.2) is 46.9 Å². The van der Waals surface area contributed by atoms with Crippen LogP contribution in [-0.2, 0) is 0 Å². The highest BCUT2D eigenvalue weighted by atomic mass is 79.9. The molecule has 0 radical (unpaired) electrons. The van der Waals surface area contributed by atoms with Gasteiger partial charge in [-0.1, -0.05) is 27.5 Å². The number of ether oxygens (including phenoxy) is 2. The third kappa shape index (κ3) is 4.25. The second-order valence-corrected chi connectivity index (χ2v) is 5.28. The average Bonchev–Trinajstić information content (AvgIpc) is 2.46. The van der Waals surface area contributed by atoms with E-state index in [4.69, 9.17) is 21.1 Å². The molecule has 0 unspecified atom stereocenters. The van der Waals surface area contributed by atoms with Crippen molar-refractivity contribution >= 4 is 33.8 Å². The molecule has 0 aromatic heterocycles. The molecule has 0 saturated heterocycles. The van der Waals surface area contributed by atoms with Crippen molar-refractivity contribution < 1.29 is 14.3 Å². The number of carbonyl (C=O) groups is 1. The quantitative estimate of drug-likeness (QED) is 0.570. The maximum atomic E-state index is 10.6. The van der Waals surface area contributed by atoms with Gasteiger partial charge in [0.25, 0.3) is 0 Å². The van der Waals surface area contributed by atoms with E-state index in [1.165, 1.54) is 0 Å². The van der Waals surface area contributed by atoms with Gasteiger partial charge in [0.15, 0.2) is 0 Å². The second kappa shape index (κ2) is 7.31. The zero-order chi connectivity index (χ0) is 14.4. The molecule has 5 heteroatoms. The lowest BCUT2D eigenvalue weighted by molar-refractivity contribution is 0.112. The predicted octanol–water partition coefficient (Wildman–Crippen LogP) is 4.37. The summed E-state index contributed by atoms with van der Waals surface area (Å²) in [5, 5.41) is 0.415. The summed E-state index contributed by atoms with van der Waals surface area (Å²) in [6.45, 7) is 0.781. The van der Waals surface area contributed by atoms with Crippen molar-refractivity contribution in [3.63, 3.8) is 0 Å². The van der Waals surface area contributed by atoms with Gasteiger partial charge in [-0.05, 0) is 42.5 Å². The van der Waals surface area contributed by atoms with Gasteiger partial charge >= 0.3 is 0 Å². The van der Waals surface area contributed by atoms with E-state index >= 15 is 0 Å². The van der Waals surface area contributed by atoms with Crippen molar-refractivity contribution in [1.82, 2.24) is 0 Å². The predicted molar refractivity (Wildman–Crippen MR) is 82.0 cm³/mol. The molecule has 0 N–H and O–H groups in total. The largest absolute Gasteiger partial charge is 0.490 e. The first-order valence-electron chi connectivity index (χ1n) is 5.95. The van der Waals surface area contributed by atoms with Crippen molar-refractivity contribution in [3.05, 3.63) is 57.5 Å². The lowest BCUT2D eigenvalue weighted by atomic mass is 10.2. The van der Waals surface area contributed by atoms with Gasteiger partial charge in [-0.2, -0.15) is 0 Å². The van der Waals surface area contributed by atoms with Gasteiger partial charge < -0.3 is 9.47 Å². The van der Waals surface area contributed by atoms with Gasteiger partial charge in [0.1, 0.15) is 31.0 Å². The summed E-state index contributed by atoms with van der Waals surface area (Å²) in [6, 6.07) is 12.5. The standard InChI is InChI=1S/C15H12BrClO3/c16-12-2-4-13(5-3-12)19-7-8-20-15-6-1-11(10-18)9-14(15)17/h1-6,9-10H,7-8H2. The molecule has 0 saturated carbocycles. The molecular weight excluding hydrogens is 344 g/mol. The number of halogens is 2. The van der Waals surface area contributed by atoms with E-state index in [1.54, 1.807) is 18.2 Å². The summed E-state index contributed by atoms with van der Waals surface area (Å²) < 4.78 is 12.0. The first kappa shape index (κ1) is 14.9. The van der Waals surface area contributed by atoms with Gasteiger partial charge in [-0.25, -0.2) is 0 Å².